The van der Waals surface area contributed by atoms with Gasteiger partial charge < -0.3 is 82.7 Å². The van der Waals surface area contributed by atoms with Gasteiger partial charge in [0.05, 0.1) is 48.8 Å². The second kappa shape index (κ2) is 60.4. The first-order valence-electron chi connectivity index (χ1n) is 50.8. The molecule has 0 spiro atoms. The molecule has 7 unspecified atom stereocenters. The fraction of sp³-hybridized carbons (Fsp3) is 0.757. The molecule has 0 radical (unpaired) electrons. The number of esters is 2. The lowest BCUT2D eigenvalue weighted by molar-refractivity contribution is -0.265. The zero-order valence-electron chi connectivity index (χ0n) is 88.0. The first kappa shape index (κ1) is 123. The fourth-order valence-corrected chi connectivity index (χ4v) is 21.4. The van der Waals surface area contributed by atoms with E-state index in [9.17, 15) is 82.6 Å². The molecule has 6 aliphatic heterocycles. The molecule has 0 aromatic heterocycles. The number of nitrogens with zero attached hydrogens (tertiary/aromatic N) is 2. The molecule has 2 saturated carbocycles. The quantitative estimate of drug-likeness (QED) is 0.0407. The van der Waals surface area contributed by atoms with Gasteiger partial charge in [0.25, 0.3) is 23.4 Å². The van der Waals surface area contributed by atoms with Gasteiger partial charge in [-0.3, -0.25) is 38.4 Å². The Bertz CT molecular complexity index is 4270. The summed E-state index contributed by atoms with van der Waals surface area (Å²) in [6.07, 6.45) is 23.4. The molecule has 2 amide bonds. The highest BCUT2D eigenvalue weighted by atomic mass is 31.1. The Morgan fingerprint density at radius 2 is 0.835 bits per heavy atom. The van der Waals surface area contributed by atoms with Gasteiger partial charge in [0.1, 0.15) is 73.6 Å². The molecule has 30 nitrogen and oxygen atoms in total. The van der Waals surface area contributed by atoms with Gasteiger partial charge in [-0.05, 0) is 214 Å². The van der Waals surface area contributed by atoms with E-state index in [1.54, 1.807) is 102 Å². The lowest BCUT2D eigenvalue weighted by Crippen LogP contribution is -2.61. The van der Waals surface area contributed by atoms with Gasteiger partial charge in [-0.15, -0.1) is 5.09 Å². The number of hydrogen-bond acceptors (Lipinski definition) is 27. The number of carbonyl (C=O) groups is 10. The number of aliphatic hydroxyl groups is 5. The zero-order valence-corrected chi connectivity index (χ0v) is 89.8. The maximum Gasteiger partial charge on any atom is 0.429 e. The second-order valence-corrected chi connectivity index (χ2v) is 43.5. The van der Waals surface area contributed by atoms with E-state index in [1.165, 1.54) is 24.0 Å². The van der Waals surface area contributed by atoms with Crippen molar-refractivity contribution in [3.8, 4) is 0 Å². The minimum Gasteiger partial charge on any atom is -0.460 e. The summed E-state index contributed by atoms with van der Waals surface area (Å²) in [7, 11) is 6.65. The fourth-order valence-electron chi connectivity index (χ4n) is 20.6. The van der Waals surface area contributed by atoms with Crippen LogP contribution in [0, 0.1) is 71.0 Å². The Hall–Kier alpha value is -6.54. The molecule has 139 heavy (non-hydrogen) atoms. The summed E-state index contributed by atoms with van der Waals surface area (Å²) in [5, 5.41) is 60.4. The minimum absolute atomic E-state index is 0.0153. The van der Waals surface area contributed by atoms with Crippen LogP contribution >= 0.6 is 15.8 Å². The summed E-state index contributed by atoms with van der Waals surface area (Å²) >= 11 is 0. The molecular weight excluding hydrogens is 1820 g/mol. The van der Waals surface area contributed by atoms with E-state index in [4.69, 9.17) is 47.4 Å². The molecule has 4 bridgehead atoms. The maximum atomic E-state index is 14.5. The van der Waals surface area contributed by atoms with E-state index in [0.29, 0.717) is 120 Å². The smallest absolute Gasteiger partial charge is 0.429 e. The number of carbonyl (C=O) groups excluding carboxylic acids is 10. The molecule has 4 saturated heterocycles. The van der Waals surface area contributed by atoms with E-state index in [1.807, 2.05) is 130 Å². The molecule has 6 fully saturated rings. The molecule has 0 aromatic rings. The average Bonchev–Trinajstić information content (AvgIpc) is 0.773. The highest BCUT2D eigenvalue weighted by molar-refractivity contribution is 7.42. The highest BCUT2D eigenvalue weighted by Crippen LogP contribution is 2.42. The van der Waals surface area contributed by atoms with E-state index < -0.39 is 177 Å². The number of allylic oxidation sites excluding steroid dienone is 12. The number of fused-ring (bicyclic) bond motifs is 6. The topological polar surface area (TPSA) is 417 Å². The first-order chi connectivity index (χ1) is 65.6. The van der Waals surface area contributed by atoms with E-state index >= 15 is 0 Å². The standard InChI is InChI=1S/C52H82N2O13P.C51H79NO13.C2H6OP.C2H6/c1-31-17-13-12-14-18-32(2)43(63-8)29-39-22-20-37(7)52(61,67-39)49(58)50(59)54-24-16-15-19-41(54)51(60)66-44(34(4)27-38-21-23-40(53-68(11)62)45(28-38)64-9)30-42(55)33(3)26-36(6)47(57)48(65-10)46(56)35(5)25-31;1-30-16-12-11-13-17-31(2)42(61-8)28-38-21-19-36(7)51(60,65-38)48(57)49(58)52-23-15-14-18-39(52)50(59)64-43(33(4)26-37-20-22-40(53)44(27-37)62-9)29-41(54)32(3)25-35(6)46(56)47(63-10)45(55)34(5)24-30;1-4(2)3;1-2/h12-14,17-18,26,31,33-35,37-41,43-45,47-48,57,61H,15-16,19-25,27-30H2,1-11H3,(H,53,62);11-13,16-17,25,30,32-34,36-40,42-44,46-47,53,56,60H,14-15,18-24,26-29H2,1-10H3;1-2H3;1-2H3/q+1;;+1;/b14-12?,17-13+,32-18?,36-26+;13-11?,16-12+,31-17?,35-25+;;/t31-,33-,34-,35-,37-,38+,39?,40?,41?,43+,44+,45-,47-,48+,52-;30-,32-,33-,34-,36-,37+,38?,39?,40?,42+,43+,44-,46-,47+,51-;;/m11../s1. The predicted octanol–water partition coefficient (Wildman–Crippen LogP) is 15.4. The van der Waals surface area contributed by atoms with Crippen molar-refractivity contribution in [3.63, 3.8) is 0 Å². The van der Waals surface area contributed by atoms with E-state index in [-0.39, 0.29) is 116 Å². The van der Waals surface area contributed by atoms with Gasteiger partial charge in [-0.2, -0.15) is 0 Å². The van der Waals surface area contributed by atoms with Crippen molar-refractivity contribution >= 4 is 74.2 Å². The Balaban J connectivity index is 0.000000464. The van der Waals surface area contributed by atoms with Crippen LogP contribution in [0.1, 0.15) is 265 Å². The van der Waals surface area contributed by atoms with Crippen LogP contribution in [-0.4, -0.2) is 279 Å². The van der Waals surface area contributed by atoms with Gasteiger partial charge in [0, 0.05) is 117 Å². The second-order valence-electron chi connectivity index (χ2n) is 40.7. The number of ether oxygens (including phenoxy) is 10. The van der Waals surface area contributed by atoms with Gasteiger partial charge in [-0.25, -0.2) is 9.59 Å². The molecule has 0 aromatic carbocycles. The number of ketones is 6. The van der Waals surface area contributed by atoms with Gasteiger partial charge in [0.15, 0.2) is 18.2 Å². The number of hydrogen-bond donors (Lipinski definition) is 6. The average molecular weight is 2000 g/mol. The summed E-state index contributed by atoms with van der Waals surface area (Å²) in [6, 6.07) is -2.36. The summed E-state index contributed by atoms with van der Waals surface area (Å²) in [4.78, 5) is 144. The Morgan fingerprint density at radius 3 is 1.19 bits per heavy atom. The molecular formula is C107H173N3O27P2+2. The van der Waals surface area contributed by atoms with E-state index in [0.717, 1.165) is 30.4 Å². The maximum absolute atomic E-state index is 14.5. The predicted molar refractivity (Wildman–Crippen MR) is 536 cm³/mol. The van der Waals surface area contributed by atoms with Crippen molar-refractivity contribution in [1.82, 2.24) is 14.9 Å². The normalized spacial score (nSPS) is 37.2. The Kier molecular flexibility index (Phi) is 53.4. The van der Waals surface area contributed by atoms with Gasteiger partial charge >= 0.3 is 27.7 Å². The number of amides is 2. The monoisotopic (exact) mass is 1990 g/mol. The summed E-state index contributed by atoms with van der Waals surface area (Å²) in [6.45, 7) is 34.5. The van der Waals surface area contributed by atoms with Crippen molar-refractivity contribution in [1.29, 1.82) is 0 Å². The van der Waals surface area contributed by atoms with Crippen molar-refractivity contribution in [2.75, 3.05) is 75.7 Å². The summed E-state index contributed by atoms with van der Waals surface area (Å²) < 4.78 is 80.7. The van der Waals surface area contributed by atoms with Gasteiger partial charge in [0.2, 0.25) is 11.6 Å². The number of Topliss-reactive ketones (excluding diaryl/α,β-unsaturated/α-hetero) is 6. The van der Waals surface area contributed by atoms with Crippen LogP contribution in [0.5, 0.6) is 0 Å². The van der Waals surface area contributed by atoms with Crippen LogP contribution in [0.25, 0.3) is 0 Å². The molecule has 8 aliphatic rings. The third-order valence-corrected chi connectivity index (χ3v) is 30.0. The number of rotatable bonds is 14. The zero-order chi connectivity index (χ0) is 104. The lowest BCUT2D eigenvalue weighted by atomic mass is 9.78. The van der Waals surface area contributed by atoms with Crippen LogP contribution in [0.15, 0.2) is 95.2 Å². The molecule has 8 rings (SSSR count). The first-order valence-corrected chi connectivity index (χ1v) is 54.7. The van der Waals surface area contributed by atoms with Crippen LogP contribution in [0.4, 0.5) is 0 Å². The SMILES string of the molecule is CC.CO[C@H]1CC2CC[C@@H](C)[C@@](O)(O2)C(=O)C(=O)N2CCCCC2C(=O)O[C@H]([C@H](C)C[C@@H]2CCC(N[P+](C)=O)[C@H](OC)C2)CC(=O)[C@H](C)/C=C(\C)[C@@H](O)[C@@H](OC)C(=O)[C@H](C)C[C@H](C)/C=C/C=CC=C1C.CO[C@H]1CC2CC[C@@H](C)[C@@](O)(O2)C(=O)C(=O)N2CCCCC2C(=O)O[C@H]([C@H](C)C[C@@H]2CCC(O)[C@H](OC)C2)CC(=O)[C@H](C)/C=C(\C)[C@@H](O)[C@@H](OC)C(=O)[C@H](C)C[C@H](C)/C=C/C=CC=C1C.C[P+](C)=O. The van der Waals surface area contributed by atoms with Crippen molar-refractivity contribution < 1.29 is 130 Å². The third kappa shape index (κ3) is 36.6. The van der Waals surface area contributed by atoms with Crippen LogP contribution in [0.2, 0.25) is 0 Å². The summed E-state index contributed by atoms with van der Waals surface area (Å²) in [5.41, 5.74) is 2.53. The van der Waals surface area contributed by atoms with E-state index in [2.05, 4.69) is 5.09 Å². The van der Waals surface area contributed by atoms with Crippen LogP contribution < -0.4 is 5.09 Å². The molecule has 32 heteroatoms. The number of piperidine rings is 2. The molecule has 6 heterocycles. The Labute approximate surface area is 830 Å². The van der Waals surface area contributed by atoms with Crippen molar-refractivity contribution in [2.45, 2.75) is 374 Å². The lowest BCUT2D eigenvalue weighted by Gasteiger charge is -2.42. The van der Waals surface area contributed by atoms with Crippen molar-refractivity contribution in [2.24, 2.45) is 71.0 Å². The molecule has 786 valence electrons. The minimum atomic E-state index is -2.43. The third-order valence-electron chi connectivity index (χ3n) is 29.3. The molecule has 2 aliphatic carbocycles. The Morgan fingerprint density at radius 1 is 0.460 bits per heavy atom. The molecule has 31 atom stereocenters. The molecule has 6 N–H and O–H groups in total. The number of aliphatic hydroxyl groups excluding tert-OH is 3. The van der Waals surface area contributed by atoms with Crippen LogP contribution in [0.3, 0.4) is 0 Å². The highest BCUT2D eigenvalue weighted by Gasteiger charge is 2.56. The van der Waals surface area contributed by atoms with Crippen LogP contribution in [-0.2, 0) is 104 Å². The summed E-state index contributed by atoms with van der Waals surface area (Å²) in [5.74, 6) is -15.9. The number of nitrogens with one attached hydrogen (secondary N) is 1. The van der Waals surface area contributed by atoms with Crippen molar-refractivity contribution in [3.05, 3.63) is 95.2 Å². The number of cyclic esters (lactones) is 2. The number of methoxy groups -OCH3 is 6. The van der Waals surface area contributed by atoms with Gasteiger partial charge in [-0.1, -0.05) is 165 Å². The largest absolute Gasteiger partial charge is 0.460 e.